The number of amides is 1. The monoisotopic (exact) mass is 458 g/mol. The number of ether oxygens (including phenoxy) is 1. The van der Waals surface area contributed by atoms with Gasteiger partial charge in [0.25, 0.3) is 5.91 Å². The SMILES string of the molecule is O=C(Nc1ccc(Oc2ccnc3[nH]ccc23)c(F)c1)c1ccc(-c2ccc(Cl)cc2)cn1. The molecule has 2 N–H and O–H groups in total. The van der Waals surface area contributed by atoms with Crippen molar-refractivity contribution in [3.63, 3.8) is 0 Å². The van der Waals surface area contributed by atoms with Gasteiger partial charge in [-0.25, -0.2) is 9.37 Å². The summed E-state index contributed by atoms with van der Waals surface area (Å²) in [6.45, 7) is 0. The molecule has 3 heterocycles. The first kappa shape index (κ1) is 20.7. The molecule has 162 valence electrons. The molecule has 0 aliphatic carbocycles. The van der Waals surface area contributed by atoms with Crippen molar-refractivity contribution >= 4 is 34.2 Å². The first-order valence-corrected chi connectivity index (χ1v) is 10.4. The number of nitrogens with zero attached hydrogens (tertiary/aromatic N) is 2. The quantitative estimate of drug-likeness (QED) is 0.316. The van der Waals surface area contributed by atoms with E-state index in [0.29, 0.717) is 16.4 Å². The third-order valence-electron chi connectivity index (χ3n) is 5.00. The van der Waals surface area contributed by atoms with Gasteiger partial charge in [0.2, 0.25) is 0 Å². The van der Waals surface area contributed by atoms with Gasteiger partial charge in [0, 0.05) is 40.9 Å². The minimum absolute atomic E-state index is 0.0344. The van der Waals surface area contributed by atoms with Crippen molar-refractivity contribution in [1.82, 2.24) is 15.0 Å². The number of aromatic amines is 1. The van der Waals surface area contributed by atoms with Crippen molar-refractivity contribution in [3.8, 4) is 22.6 Å². The Kier molecular flexibility index (Phi) is 5.46. The van der Waals surface area contributed by atoms with Crippen LogP contribution in [0.2, 0.25) is 5.02 Å². The number of rotatable bonds is 5. The van der Waals surface area contributed by atoms with Crippen molar-refractivity contribution in [2.45, 2.75) is 0 Å². The van der Waals surface area contributed by atoms with Crippen LogP contribution in [-0.4, -0.2) is 20.9 Å². The Morgan fingerprint density at radius 1 is 0.939 bits per heavy atom. The molecule has 0 aliphatic rings. The van der Waals surface area contributed by atoms with Crippen LogP contribution in [0.4, 0.5) is 10.1 Å². The van der Waals surface area contributed by atoms with Crippen molar-refractivity contribution in [2.24, 2.45) is 0 Å². The lowest BCUT2D eigenvalue weighted by Gasteiger charge is -2.10. The molecule has 5 aromatic rings. The second-order valence-electron chi connectivity index (χ2n) is 7.19. The molecule has 5 rings (SSSR count). The molecule has 0 radical (unpaired) electrons. The maximum atomic E-state index is 14.7. The van der Waals surface area contributed by atoms with Gasteiger partial charge >= 0.3 is 0 Å². The molecule has 1 amide bonds. The highest BCUT2D eigenvalue weighted by Crippen LogP contribution is 2.31. The number of aromatic nitrogens is 3. The van der Waals surface area contributed by atoms with Gasteiger partial charge in [-0.2, -0.15) is 0 Å². The largest absolute Gasteiger partial charge is 0.453 e. The predicted molar refractivity (Wildman–Crippen MR) is 125 cm³/mol. The number of anilines is 1. The summed E-state index contributed by atoms with van der Waals surface area (Å²) in [5, 5.41) is 4.03. The van der Waals surface area contributed by atoms with Crippen LogP contribution in [0.25, 0.3) is 22.2 Å². The summed E-state index contributed by atoms with van der Waals surface area (Å²) in [4.78, 5) is 23.9. The number of benzene rings is 2. The van der Waals surface area contributed by atoms with Crippen LogP contribution in [0.3, 0.4) is 0 Å². The second kappa shape index (κ2) is 8.72. The number of hydrogen-bond donors (Lipinski definition) is 2. The Balaban J connectivity index is 1.29. The van der Waals surface area contributed by atoms with Gasteiger partial charge in [0.1, 0.15) is 17.1 Å². The molecule has 6 nitrogen and oxygen atoms in total. The fraction of sp³-hybridized carbons (Fsp3) is 0. The normalized spacial score (nSPS) is 10.8. The van der Waals surface area contributed by atoms with E-state index < -0.39 is 11.7 Å². The van der Waals surface area contributed by atoms with Gasteiger partial charge in [-0.1, -0.05) is 29.8 Å². The van der Waals surface area contributed by atoms with E-state index in [9.17, 15) is 9.18 Å². The van der Waals surface area contributed by atoms with Crippen molar-refractivity contribution in [1.29, 1.82) is 0 Å². The third-order valence-corrected chi connectivity index (χ3v) is 5.26. The minimum Gasteiger partial charge on any atom is -0.453 e. The zero-order valence-electron chi connectivity index (χ0n) is 17.0. The minimum atomic E-state index is -0.612. The van der Waals surface area contributed by atoms with E-state index in [1.807, 2.05) is 12.1 Å². The first-order valence-electron chi connectivity index (χ1n) is 10.00. The maximum absolute atomic E-state index is 14.7. The number of nitrogens with one attached hydrogen (secondary N) is 2. The van der Waals surface area contributed by atoms with Crippen molar-refractivity contribution in [3.05, 3.63) is 102 Å². The van der Waals surface area contributed by atoms with Gasteiger partial charge in [-0.3, -0.25) is 9.78 Å². The molecule has 0 saturated heterocycles. The molecule has 8 heteroatoms. The van der Waals surface area contributed by atoms with E-state index in [1.54, 1.807) is 61.1 Å². The van der Waals surface area contributed by atoms with Crippen LogP contribution in [0.1, 0.15) is 10.5 Å². The predicted octanol–water partition coefficient (Wildman–Crippen LogP) is 6.46. The standard InChI is InChI=1S/C25H16ClFN4O2/c26-17-4-1-15(2-5-17)16-3-7-21(30-14-16)25(32)31-18-6-8-23(20(27)13-18)33-22-10-12-29-24-19(22)9-11-28-24/h1-14H,(H,28,29)(H,31,32). The van der Waals surface area contributed by atoms with E-state index in [4.69, 9.17) is 16.3 Å². The number of H-pyrrole nitrogens is 1. The molecule has 0 unspecified atom stereocenters. The molecule has 0 fully saturated rings. The van der Waals surface area contributed by atoms with Gasteiger partial charge in [0.05, 0.1) is 5.39 Å². The van der Waals surface area contributed by atoms with Gasteiger partial charge < -0.3 is 15.0 Å². The Morgan fingerprint density at radius 3 is 2.52 bits per heavy atom. The molecule has 0 spiro atoms. The first-order chi connectivity index (χ1) is 16.1. The lowest BCUT2D eigenvalue weighted by molar-refractivity contribution is 0.102. The number of hydrogen-bond acceptors (Lipinski definition) is 4. The summed E-state index contributed by atoms with van der Waals surface area (Å²) in [5.74, 6) is -0.553. The van der Waals surface area contributed by atoms with Crippen LogP contribution >= 0.6 is 11.6 Å². The molecular formula is C25H16ClFN4O2. The number of fused-ring (bicyclic) bond motifs is 1. The number of carbonyl (C=O) groups excluding carboxylic acids is 1. The van der Waals surface area contributed by atoms with E-state index in [1.165, 1.54) is 12.1 Å². The topological polar surface area (TPSA) is 79.9 Å². The van der Waals surface area contributed by atoms with Crippen molar-refractivity contribution in [2.75, 3.05) is 5.32 Å². The second-order valence-corrected chi connectivity index (χ2v) is 7.63. The average Bonchev–Trinajstić information content (AvgIpc) is 3.31. The Labute approximate surface area is 193 Å². The van der Waals surface area contributed by atoms with E-state index in [-0.39, 0.29) is 17.1 Å². The molecule has 2 aromatic carbocycles. The zero-order chi connectivity index (χ0) is 22.8. The van der Waals surface area contributed by atoms with Crippen LogP contribution < -0.4 is 10.1 Å². The highest BCUT2D eigenvalue weighted by Gasteiger charge is 2.13. The van der Waals surface area contributed by atoms with Gasteiger partial charge in [-0.05, 0) is 48.0 Å². The van der Waals surface area contributed by atoms with Crippen molar-refractivity contribution < 1.29 is 13.9 Å². The van der Waals surface area contributed by atoms with Gasteiger partial charge in [-0.15, -0.1) is 0 Å². The summed E-state index contributed by atoms with van der Waals surface area (Å²) < 4.78 is 20.4. The molecule has 3 aromatic heterocycles. The molecular weight excluding hydrogens is 443 g/mol. The summed E-state index contributed by atoms with van der Waals surface area (Å²) in [5.41, 5.74) is 2.92. The maximum Gasteiger partial charge on any atom is 0.274 e. The summed E-state index contributed by atoms with van der Waals surface area (Å²) in [6.07, 6.45) is 4.91. The number of carbonyl (C=O) groups is 1. The highest BCUT2D eigenvalue weighted by atomic mass is 35.5. The summed E-state index contributed by atoms with van der Waals surface area (Å²) in [7, 11) is 0. The molecule has 0 saturated carbocycles. The zero-order valence-corrected chi connectivity index (χ0v) is 17.8. The average molecular weight is 459 g/mol. The lowest BCUT2D eigenvalue weighted by Crippen LogP contribution is -2.13. The Hall–Kier alpha value is -4.23. The third kappa shape index (κ3) is 4.40. The smallest absolute Gasteiger partial charge is 0.274 e. The van der Waals surface area contributed by atoms with Crippen LogP contribution in [0.5, 0.6) is 11.5 Å². The van der Waals surface area contributed by atoms with E-state index in [2.05, 4.69) is 20.3 Å². The van der Waals surface area contributed by atoms with Crippen LogP contribution in [0, 0.1) is 5.82 Å². The van der Waals surface area contributed by atoms with E-state index >= 15 is 0 Å². The molecule has 0 atom stereocenters. The fourth-order valence-corrected chi connectivity index (χ4v) is 3.47. The molecule has 0 bridgehead atoms. The summed E-state index contributed by atoms with van der Waals surface area (Å²) in [6, 6.07) is 18.4. The lowest BCUT2D eigenvalue weighted by atomic mass is 10.1. The number of halogens is 2. The Bertz CT molecular complexity index is 1450. The van der Waals surface area contributed by atoms with Crippen LogP contribution in [0.15, 0.2) is 85.3 Å². The number of pyridine rings is 2. The molecule has 0 aliphatic heterocycles. The van der Waals surface area contributed by atoms with Gasteiger partial charge in [0.15, 0.2) is 11.6 Å². The Morgan fingerprint density at radius 2 is 1.76 bits per heavy atom. The summed E-state index contributed by atoms with van der Waals surface area (Å²) >= 11 is 5.92. The fourth-order valence-electron chi connectivity index (χ4n) is 3.34. The molecule has 33 heavy (non-hydrogen) atoms. The van der Waals surface area contributed by atoms with Crippen LogP contribution in [-0.2, 0) is 0 Å². The highest BCUT2D eigenvalue weighted by molar-refractivity contribution is 6.30. The van der Waals surface area contributed by atoms with E-state index in [0.717, 1.165) is 16.5 Å².